The summed E-state index contributed by atoms with van der Waals surface area (Å²) in [5.41, 5.74) is 7.15. The van der Waals surface area contributed by atoms with Crippen molar-refractivity contribution in [3.63, 3.8) is 0 Å². The van der Waals surface area contributed by atoms with E-state index in [9.17, 15) is 0 Å². The lowest BCUT2D eigenvalue weighted by molar-refractivity contribution is 1.07. The Labute approximate surface area is 232 Å². The molecule has 3 heterocycles. The van der Waals surface area contributed by atoms with Crippen LogP contribution in [0.25, 0.3) is 67.2 Å². The van der Waals surface area contributed by atoms with Crippen LogP contribution in [0.1, 0.15) is 0 Å². The van der Waals surface area contributed by atoms with E-state index in [1.807, 2.05) is 84.9 Å². The monoisotopic (exact) mass is 566 g/mol. The van der Waals surface area contributed by atoms with Crippen molar-refractivity contribution in [1.82, 2.24) is 29.9 Å². The molecule has 7 aromatic rings. The van der Waals surface area contributed by atoms with Gasteiger partial charge in [0, 0.05) is 50.7 Å². The summed E-state index contributed by atoms with van der Waals surface area (Å²) >= 11 is 3.73. The number of fused-ring (bicyclic) bond motifs is 3. The predicted molar refractivity (Wildman–Crippen MR) is 158 cm³/mol. The van der Waals surface area contributed by atoms with Gasteiger partial charge >= 0.3 is 0 Å². The van der Waals surface area contributed by atoms with Gasteiger partial charge in [-0.1, -0.05) is 76.6 Å². The van der Waals surface area contributed by atoms with Crippen LogP contribution in [0.2, 0.25) is 0 Å². The van der Waals surface area contributed by atoms with Crippen LogP contribution < -0.4 is 0 Å². The molecule has 4 aromatic carbocycles. The highest BCUT2D eigenvalue weighted by Gasteiger charge is 2.16. The lowest BCUT2D eigenvalue weighted by atomic mass is 9.98. The third-order valence-electron chi connectivity index (χ3n) is 6.49. The van der Waals surface area contributed by atoms with Crippen LogP contribution in [-0.4, -0.2) is 29.9 Å². The number of hydrogen-bond donors (Lipinski definition) is 0. The van der Waals surface area contributed by atoms with Gasteiger partial charge in [0.1, 0.15) is 0 Å². The predicted octanol–water partition coefficient (Wildman–Crippen LogP) is 7.79. The Morgan fingerprint density at radius 1 is 0.462 bits per heavy atom. The molecule has 0 saturated heterocycles. The van der Waals surface area contributed by atoms with Gasteiger partial charge in [0.2, 0.25) is 0 Å². The highest BCUT2D eigenvalue weighted by atomic mass is 79.9. The minimum atomic E-state index is 0.586. The van der Waals surface area contributed by atoms with Crippen molar-refractivity contribution in [3.05, 3.63) is 120 Å². The van der Waals surface area contributed by atoms with Gasteiger partial charge in [-0.2, -0.15) is 0 Å². The fourth-order valence-electron chi connectivity index (χ4n) is 4.71. The zero-order chi connectivity index (χ0) is 26.2. The number of rotatable bonds is 4. The zero-order valence-corrected chi connectivity index (χ0v) is 22.1. The molecule has 184 valence electrons. The molecule has 0 atom stereocenters. The van der Waals surface area contributed by atoms with E-state index < -0.39 is 0 Å². The van der Waals surface area contributed by atoms with E-state index in [2.05, 4.69) is 38.0 Å². The Kier molecular flexibility index (Phi) is 5.83. The molecule has 0 saturated carbocycles. The molecule has 6 nitrogen and oxygen atoms in total. The standard InChI is InChI=1S/C32H19BrN6/c33-24-17-22(26-19-27-29(36-15-14-34-27)25-12-7-13-35-28(25)26)16-23(18-24)32-38-30(20-8-3-1-4-9-20)37-31(39-32)21-10-5-2-6-11-21/h1-19H. The molecule has 0 unspecified atom stereocenters. The van der Waals surface area contributed by atoms with Gasteiger partial charge < -0.3 is 0 Å². The van der Waals surface area contributed by atoms with Crippen LogP contribution >= 0.6 is 15.9 Å². The normalized spacial score (nSPS) is 11.2. The molecule has 0 radical (unpaired) electrons. The molecule has 3 aromatic heterocycles. The Bertz CT molecular complexity index is 1920. The maximum Gasteiger partial charge on any atom is 0.164 e. The number of halogens is 1. The third-order valence-corrected chi connectivity index (χ3v) is 6.95. The molecule has 0 spiro atoms. The van der Waals surface area contributed by atoms with Gasteiger partial charge in [0.25, 0.3) is 0 Å². The van der Waals surface area contributed by atoms with E-state index in [1.165, 1.54) is 0 Å². The Hall–Kier alpha value is -4.88. The minimum Gasteiger partial charge on any atom is -0.256 e. The summed E-state index contributed by atoms with van der Waals surface area (Å²) in [6.45, 7) is 0. The van der Waals surface area contributed by atoms with Crippen molar-refractivity contribution in [2.45, 2.75) is 0 Å². The van der Waals surface area contributed by atoms with Crippen molar-refractivity contribution in [2.75, 3.05) is 0 Å². The average molecular weight is 567 g/mol. The molecular weight excluding hydrogens is 548 g/mol. The minimum absolute atomic E-state index is 0.586. The Morgan fingerprint density at radius 3 is 1.74 bits per heavy atom. The van der Waals surface area contributed by atoms with Crippen molar-refractivity contribution in [2.24, 2.45) is 0 Å². The van der Waals surface area contributed by atoms with E-state index in [0.717, 1.165) is 54.2 Å². The fourth-order valence-corrected chi connectivity index (χ4v) is 5.20. The maximum absolute atomic E-state index is 4.91. The number of benzene rings is 4. The lowest BCUT2D eigenvalue weighted by Crippen LogP contribution is -2.00. The first-order valence-corrected chi connectivity index (χ1v) is 13.2. The first-order valence-electron chi connectivity index (χ1n) is 12.4. The van der Waals surface area contributed by atoms with Gasteiger partial charge in [-0.05, 0) is 42.0 Å². The van der Waals surface area contributed by atoms with Crippen LogP contribution in [0.3, 0.4) is 0 Å². The smallest absolute Gasteiger partial charge is 0.164 e. The SMILES string of the molecule is Brc1cc(-c2nc(-c3ccccc3)nc(-c3ccccc3)n2)cc(-c2cc3nccnc3c3cccnc23)c1. The molecule has 39 heavy (non-hydrogen) atoms. The summed E-state index contributed by atoms with van der Waals surface area (Å²) < 4.78 is 0.904. The molecule has 0 N–H and O–H groups in total. The number of aromatic nitrogens is 6. The second-order valence-electron chi connectivity index (χ2n) is 9.01. The lowest BCUT2D eigenvalue weighted by Gasteiger charge is -2.12. The van der Waals surface area contributed by atoms with Crippen molar-refractivity contribution in [1.29, 1.82) is 0 Å². The van der Waals surface area contributed by atoms with Crippen LogP contribution in [0, 0.1) is 0 Å². The summed E-state index contributed by atoms with van der Waals surface area (Å²) in [6.07, 6.45) is 5.22. The number of hydrogen-bond acceptors (Lipinski definition) is 6. The first-order chi connectivity index (χ1) is 19.2. The molecule has 7 rings (SSSR count). The van der Waals surface area contributed by atoms with Gasteiger partial charge in [-0.25, -0.2) is 15.0 Å². The topological polar surface area (TPSA) is 77.3 Å². The first kappa shape index (κ1) is 23.3. The highest BCUT2D eigenvalue weighted by molar-refractivity contribution is 9.10. The second-order valence-corrected chi connectivity index (χ2v) is 9.93. The maximum atomic E-state index is 4.91. The van der Waals surface area contributed by atoms with Crippen LogP contribution in [-0.2, 0) is 0 Å². The van der Waals surface area contributed by atoms with Crippen LogP contribution in [0.5, 0.6) is 0 Å². The molecule has 0 fully saturated rings. The summed E-state index contributed by atoms with van der Waals surface area (Å²) in [5.74, 6) is 1.83. The van der Waals surface area contributed by atoms with Crippen LogP contribution in [0.15, 0.2) is 120 Å². The van der Waals surface area contributed by atoms with Crippen LogP contribution in [0.4, 0.5) is 0 Å². The highest BCUT2D eigenvalue weighted by Crippen LogP contribution is 2.36. The van der Waals surface area contributed by atoms with Gasteiger partial charge in [0.15, 0.2) is 17.5 Å². The fraction of sp³-hybridized carbons (Fsp3) is 0. The Balaban J connectivity index is 1.45. The van der Waals surface area contributed by atoms with Gasteiger partial charge in [-0.3, -0.25) is 15.0 Å². The Morgan fingerprint density at radius 2 is 1.05 bits per heavy atom. The summed E-state index contributed by atoms with van der Waals surface area (Å²) in [4.78, 5) is 28.5. The van der Waals surface area contributed by atoms with E-state index in [4.69, 9.17) is 19.9 Å². The van der Waals surface area contributed by atoms with E-state index in [0.29, 0.717) is 17.5 Å². The molecule has 0 bridgehead atoms. The summed E-state index contributed by atoms with van der Waals surface area (Å²) in [5, 5.41) is 0.956. The second kappa shape index (κ2) is 9.78. The largest absolute Gasteiger partial charge is 0.256 e. The van der Waals surface area contributed by atoms with Gasteiger partial charge in [-0.15, -0.1) is 0 Å². The molecule has 0 aliphatic rings. The summed E-state index contributed by atoms with van der Waals surface area (Å²) in [7, 11) is 0. The molecule has 0 aliphatic carbocycles. The zero-order valence-electron chi connectivity index (χ0n) is 20.5. The molecule has 0 aliphatic heterocycles. The summed E-state index contributed by atoms with van der Waals surface area (Å²) in [6, 6.07) is 32.1. The van der Waals surface area contributed by atoms with E-state index in [-0.39, 0.29) is 0 Å². The number of nitrogens with zero attached hydrogens (tertiary/aromatic N) is 6. The number of pyridine rings is 1. The molecule has 0 amide bonds. The van der Waals surface area contributed by atoms with Crippen molar-refractivity contribution in [3.8, 4) is 45.3 Å². The van der Waals surface area contributed by atoms with Crippen molar-refractivity contribution >= 4 is 37.9 Å². The quantitative estimate of drug-likeness (QED) is 0.202. The third kappa shape index (κ3) is 4.43. The van der Waals surface area contributed by atoms with E-state index >= 15 is 0 Å². The molecule has 7 heteroatoms. The average Bonchev–Trinajstić information content (AvgIpc) is 3.01. The van der Waals surface area contributed by atoms with Gasteiger partial charge in [0.05, 0.1) is 16.6 Å². The van der Waals surface area contributed by atoms with Crippen molar-refractivity contribution < 1.29 is 0 Å². The molecular formula is C32H19BrN6. The van der Waals surface area contributed by atoms with E-state index in [1.54, 1.807) is 18.6 Å².